The van der Waals surface area contributed by atoms with Gasteiger partial charge in [0.2, 0.25) is 0 Å². The molecular formula is C54H35N3. The normalized spacial score (nSPS) is 17.0. The fourth-order valence-corrected chi connectivity index (χ4v) is 7.72. The molecule has 0 unspecified atom stereocenters. The van der Waals surface area contributed by atoms with E-state index in [2.05, 4.69) is 0 Å². The van der Waals surface area contributed by atoms with Crippen molar-refractivity contribution in [3.63, 3.8) is 0 Å². The van der Waals surface area contributed by atoms with Gasteiger partial charge in [-0.05, 0) is 83.2 Å². The molecule has 0 amide bonds. The molecule has 0 bridgehead atoms. The van der Waals surface area contributed by atoms with Gasteiger partial charge in [-0.1, -0.05) is 145 Å². The van der Waals surface area contributed by atoms with E-state index in [-0.39, 0.29) is 49.3 Å². The lowest BCUT2D eigenvalue weighted by Crippen LogP contribution is -1.97. The van der Waals surface area contributed by atoms with Crippen LogP contribution in [0.4, 0.5) is 0 Å². The molecule has 0 fully saturated rings. The van der Waals surface area contributed by atoms with Crippen LogP contribution in [0.3, 0.4) is 0 Å². The molecule has 3 heteroatoms. The highest BCUT2D eigenvalue weighted by atomic mass is 15.0. The molecule has 0 saturated heterocycles. The molecule has 0 aliphatic heterocycles. The lowest BCUT2D eigenvalue weighted by atomic mass is 10.0. The molecule has 3 aromatic heterocycles. The number of nitrogens with zero attached hydrogens (tertiary/aromatic N) is 3. The number of rotatable bonds is 5. The molecule has 0 saturated carbocycles. The van der Waals surface area contributed by atoms with Crippen LogP contribution in [0.25, 0.3) is 105 Å². The first-order valence-electron chi connectivity index (χ1n) is 28.4. The largest absolute Gasteiger partial charge is 0.309 e. The van der Waals surface area contributed by atoms with E-state index in [1.165, 1.54) is 9.13 Å². The SMILES string of the molecule is [2H]c1c([2H])c([2H])c2c(c1[2H])c1c([2H])c([2H])c(-n3c4c([2H])c([2H])c([2H])c([2H])c4c4c([2H])c(-c5c([2H])c([2H])c6c7c([2H])c([2H])c([2H])c([2H])c7n(-c7ccccc7-c7ccccc7)c6c5[2H])c([2H])c([2H])c43)c([2H])c1n2-c1ccccc1. The van der Waals surface area contributed by atoms with Crippen LogP contribution < -0.4 is 0 Å². The summed E-state index contributed by atoms with van der Waals surface area (Å²) in [5.74, 6) is 0. The Balaban J connectivity index is 1.27. The van der Waals surface area contributed by atoms with Crippen LogP contribution in [-0.4, -0.2) is 13.7 Å². The van der Waals surface area contributed by atoms with Crippen LogP contribution in [-0.2, 0) is 0 Å². The minimum absolute atomic E-state index is 0.138. The summed E-state index contributed by atoms with van der Waals surface area (Å²) in [6, 6.07) is 9.48. The lowest BCUT2D eigenvalue weighted by molar-refractivity contribution is 1.15. The number of benzene rings is 9. The second-order valence-electron chi connectivity index (χ2n) is 13.3. The monoisotopic (exact) mass is 746 g/mol. The summed E-state index contributed by atoms with van der Waals surface area (Å²) in [5, 5.41) is -1.70. The first kappa shape index (κ1) is 17.5. The fourth-order valence-electron chi connectivity index (χ4n) is 7.72. The Bertz CT molecular complexity index is 4740. The lowest BCUT2D eigenvalue weighted by Gasteiger charge is -2.14. The van der Waals surface area contributed by atoms with E-state index in [1.54, 1.807) is 72.8 Å². The molecule has 12 aromatic rings. The second kappa shape index (κ2) is 12.5. The summed E-state index contributed by atoms with van der Waals surface area (Å²) in [5.41, 5.74) is -1.68. The van der Waals surface area contributed by atoms with Gasteiger partial charge in [0.15, 0.2) is 0 Å². The van der Waals surface area contributed by atoms with Crippen molar-refractivity contribution in [2.45, 2.75) is 0 Å². The van der Waals surface area contributed by atoms with E-state index in [1.807, 2.05) is 12.1 Å². The third-order valence-electron chi connectivity index (χ3n) is 10.2. The summed E-state index contributed by atoms with van der Waals surface area (Å²) in [6.07, 6.45) is 0. The first-order valence-corrected chi connectivity index (χ1v) is 17.9. The first-order chi connectivity index (χ1) is 37.1. The zero-order chi connectivity index (χ0) is 55.7. The molecule has 266 valence electrons. The maximum absolute atomic E-state index is 10.1. The Morgan fingerprint density at radius 3 is 1.51 bits per heavy atom. The number of aromatic nitrogens is 3. The maximum atomic E-state index is 10.1. The molecule has 3 nitrogen and oxygen atoms in total. The third kappa shape index (κ3) is 4.79. The Kier molecular flexibility index (Phi) is 3.81. The van der Waals surface area contributed by atoms with E-state index in [0.717, 1.165) is 4.57 Å². The summed E-state index contributed by atoms with van der Waals surface area (Å²) in [7, 11) is 0. The Morgan fingerprint density at radius 2 is 0.789 bits per heavy atom. The highest BCUT2D eigenvalue weighted by molar-refractivity contribution is 6.14. The standard InChI is InChI=1S/C54H35N3/c1-3-15-36(16-4-1)41-19-7-11-23-48(41)57-51-26-14-9-21-43(51)45-30-27-38(34-53(45)57)37-28-32-52-47(33-37)44-22-10-13-25-50(44)56(52)40-29-31-46-42-20-8-12-24-49(42)55(54(46)35-40)39-17-5-2-6-18-39/h1-35H/i8D,9D,10D,12D,13D,14D,20D,21D,22D,24D,25D,26D,27D,28D,29D,30D,31D,32D,33D,34D,35D. The van der Waals surface area contributed by atoms with Crippen molar-refractivity contribution >= 4 is 65.4 Å². The van der Waals surface area contributed by atoms with Crippen molar-refractivity contribution in [3.05, 3.63) is 212 Å². The predicted octanol–water partition coefficient (Wildman–Crippen LogP) is 14.3. The maximum Gasteiger partial charge on any atom is 0.0667 e. The van der Waals surface area contributed by atoms with Gasteiger partial charge in [-0.15, -0.1) is 0 Å². The molecule has 0 atom stereocenters. The van der Waals surface area contributed by atoms with Gasteiger partial charge in [-0.3, -0.25) is 0 Å². The Morgan fingerprint density at radius 1 is 0.298 bits per heavy atom. The summed E-state index contributed by atoms with van der Waals surface area (Å²) >= 11 is 0. The van der Waals surface area contributed by atoms with Crippen LogP contribution in [0, 0.1) is 0 Å². The molecule has 0 spiro atoms. The molecule has 12 rings (SSSR count). The zero-order valence-electron chi connectivity index (χ0n) is 50.4. The average Bonchev–Trinajstić information content (AvgIpc) is 3.91. The molecule has 0 N–H and O–H groups in total. The van der Waals surface area contributed by atoms with E-state index in [9.17, 15) is 16.4 Å². The van der Waals surface area contributed by atoms with Crippen molar-refractivity contribution in [2.24, 2.45) is 0 Å². The van der Waals surface area contributed by atoms with Crippen molar-refractivity contribution in [1.29, 1.82) is 0 Å². The van der Waals surface area contributed by atoms with E-state index < -0.39 is 166 Å². The topological polar surface area (TPSA) is 14.8 Å². The highest BCUT2D eigenvalue weighted by Gasteiger charge is 2.19. The fraction of sp³-hybridized carbons (Fsp3) is 0. The van der Waals surface area contributed by atoms with E-state index >= 15 is 0 Å². The quantitative estimate of drug-likeness (QED) is 0.167. The van der Waals surface area contributed by atoms with Crippen molar-refractivity contribution in [2.75, 3.05) is 0 Å². The number of hydrogen-bond acceptors (Lipinski definition) is 0. The van der Waals surface area contributed by atoms with Gasteiger partial charge in [0.1, 0.15) is 0 Å². The van der Waals surface area contributed by atoms with Crippen molar-refractivity contribution < 1.29 is 28.8 Å². The molecule has 0 aliphatic rings. The van der Waals surface area contributed by atoms with E-state index in [0.29, 0.717) is 16.8 Å². The predicted molar refractivity (Wildman–Crippen MR) is 240 cm³/mol. The van der Waals surface area contributed by atoms with Crippen LogP contribution in [0.2, 0.25) is 0 Å². The Hall–Kier alpha value is -7.62. The summed E-state index contributed by atoms with van der Waals surface area (Å²) < 4.78 is 200. The van der Waals surface area contributed by atoms with Gasteiger partial charge in [0.25, 0.3) is 0 Å². The molecule has 57 heavy (non-hydrogen) atoms. The van der Waals surface area contributed by atoms with Crippen molar-refractivity contribution in [3.8, 4) is 39.3 Å². The van der Waals surface area contributed by atoms with Gasteiger partial charge >= 0.3 is 0 Å². The minimum Gasteiger partial charge on any atom is -0.309 e. The highest BCUT2D eigenvalue weighted by Crippen LogP contribution is 2.41. The third-order valence-corrected chi connectivity index (χ3v) is 10.2. The van der Waals surface area contributed by atoms with E-state index in [4.69, 9.17) is 12.3 Å². The minimum atomic E-state index is -0.864. The molecule has 3 heterocycles. The second-order valence-corrected chi connectivity index (χ2v) is 13.3. The smallest absolute Gasteiger partial charge is 0.0667 e. The van der Waals surface area contributed by atoms with Crippen LogP contribution in [0.1, 0.15) is 28.8 Å². The van der Waals surface area contributed by atoms with Gasteiger partial charge in [-0.2, -0.15) is 0 Å². The van der Waals surface area contributed by atoms with Crippen molar-refractivity contribution in [1.82, 2.24) is 13.7 Å². The van der Waals surface area contributed by atoms with Gasteiger partial charge in [0.05, 0.1) is 67.6 Å². The number of fused-ring (bicyclic) bond motifs is 9. The summed E-state index contributed by atoms with van der Waals surface area (Å²) in [6.45, 7) is 0. The van der Waals surface area contributed by atoms with Gasteiger partial charge in [-0.25, -0.2) is 0 Å². The Labute approximate surface area is 359 Å². The van der Waals surface area contributed by atoms with Crippen LogP contribution >= 0.6 is 0 Å². The molecule has 0 aliphatic carbocycles. The summed E-state index contributed by atoms with van der Waals surface area (Å²) in [4.78, 5) is 0. The van der Waals surface area contributed by atoms with Gasteiger partial charge in [0, 0.05) is 49.3 Å². The zero-order valence-corrected chi connectivity index (χ0v) is 29.4. The number of para-hydroxylation sites is 5. The molecule has 0 radical (unpaired) electrons. The van der Waals surface area contributed by atoms with Crippen LogP contribution in [0.5, 0.6) is 0 Å². The molecular weight excluding hydrogens is 691 g/mol. The van der Waals surface area contributed by atoms with Gasteiger partial charge < -0.3 is 13.7 Å². The van der Waals surface area contributed by atoms with Crippen LogP contribution in [0.15, 0.2) is 212 Å². The average molecular weight is 747 g/mol. The number of hydrogen-bond donors (Lipinski definition) is 0. The molecule has 9 aromatic carbocycles.